The summed E-state index contributed by atoms with van der Waals surface area (Å²) in [5.41, 5.74) is 0. The number of carbonyl (C=O) groups excluding carboxylic acids is 1. The van der Waals surface area contributed by atoms with Gasteiger partial charge in [-0.3, -0.25) is 9.79 Å². The molecule has 0 saturated carbocycles. The zero-order valence-electron chi connectivity index (χ0n) is 15.2. The van der Waals surface area contributed by atoms with E-state index < -0.39 is 0 Å². The highest BCUT2D eigenvalue weighted by Gasteiger charge is 2.27. The number of nitrogens with zero attached hydrogens (tertiary/aromatic N) is 2. The first-order valence-corrected chi connectivity index (χ1v) is 9.04. The molecule has 6 heteroatoms. The first-order chi connectivity index (χ1) is 12.2. The first-order valence-electron chi connectivity index (χ1n) is 9.04. The van der Waals surface area contributed by atoms with Crippen molar-refractivity contribution < 1.29 is 14.3 Å². The molecule has 0 aromatic heterocycles. The third-order valence-corrected chi connectivity index (χ3v) is 4.24. The Labute approximate surface area is 150 Å². The molecular weight excluding hydrogens is 318 g/mol. The molecule has 0 unspecified atom stereocenters. The van der Waals surface area contributed by atoms with E-state index in [4.69, 9.17) is 9.47 Å². The largest absolute Gasteiger partial charge is 0.494 e. The van der Waals surface area contributed by atoms with Gasteiger partial charge in [-0.25, -0.2) is 0 Å². The van der Waals surface area contributed by atoms with E-state index in [1.165, 1.54) is 0 Å². The molecule has 1 aromatic rings. The molecule has 0 amide bonds. The van der Waals surface area contributed by atoms with E-state index in [-0.39, 0.29) is 11.9 Å². The highest BCUT2D eigenvalue weighted by atomic mass is 16.5. The van der Waals surface area contributed by atoms with Crippen LogP contribution in [-0.2, 0) is 9.53 Å². The van der Waals surface area contributed by atoms with Crippen molar-refractivity contribution in [3.05, 3.63) is 30.3 Å². The Hall–Kier alpha value is -2.24. The predicted molar refractivity (Wildman–Crippen MR) is 98.8 cm³/mol. The Morgan fingerprint density at radius 2 is 2.00 bits per heavy atom. The summed E-state index contributed by atoms with van der Waals surface area (Å²) in [6.45, 7) is 5.41. The summed E-state index contributed by atoms with van der Waals surface area (Å²) in [5.74, 6) is 1.74. The lowest BCUT2D eigenvalue weighted by molar-refractivity contribution is -0.149. The number of aliphatic imine (C=N–C) groups is 1. The fourth-order valence-electron chi connectivity index (χ4n) is 2.90. The number of hydrogen-bond acceptors (Lipinski definition) is 4. The Balaban J connectivity index is 1.65. The molecule has 1 fully saturated rings. The average Bonchev–Trinajstić information content (AvgIpc) is 2.66. The molecule has 138 valence electrons. The van der Waals surface area contributed by atoms with Gasteiger partial charge in [0.2, 0.25) is 0 Å². The number of esters is 1. The zero-order valence-corrected chi connectivity index (χ0v) is 15.2. The van der Waals surface area contributed by atoms with Crippen LogP contribution in [0.5, 0.6) is 5.75 Å². The SMILES string of the molecule is CCOC(=O)C1CCN(C(=NC)NCCCOc2ccccc2)CC1. The van der Waals surface area contributed by atoms with Crippen molar-refractivity contribution in [3.8, 4) is 5.75 Å². The fourth-order valence-corrected chi connectivity index (χ4v) is 2.90. The third kappa shape index (κ3) is 6.29. The topological polar surface area (TPSA) is 63.2 Å². The van der Waals surface area contributed by atoms with Crippen molar-refractivity contribution in [3.63, 3.8) is 0 Å². The van der Waals surface area contributed by atoms with Crippen molar-refractivity contribution in [2.75, 3.05) is 39.9 Å². The lowest BCUT2D eigenvalue weighted by Crippen LogP contribution is -2.47. The summed E-state index contributed by atoms with van der Waals surface area (Å²) in [7, 11) is 1.79. The number of carbonyl (C=O) groups is 1. The van der Waals surface area contributed by atoms with Crippen molar-refractivity contribution in [1.29, 1.82) is 0 Å². The van der Waals surface area contributed by atoms with Crippen molar-refractivity contribution in [2.24, 2.45) is 10.9 Å². The van der Waals surface area contributed by atoms with Crippen LogP contribution in [0.3, 0.4) is 0 Å². The molecule has 0 radical (unpaired) electrons. The monoisotopic (exact) mass is 347 g/mol. The zero-order chi connectivity index (χ0) is 17.9. The van der Waals surface area contributed by atoms with Gasteiger partial charge in [0.1, 0.15) is 5.75 Å². The molecular formula is C19H29N3O3. The fraction of sp³-hybridized carbons (Fsp3) is 0.579. The molecule has 0 atom stereocenters. The summed E-state index contributed by atoms with van der Waals surface area (Å²) in [5, 5.41) is 3.37. The van der Waals surface area contributed by atoms with Crippen LogP contribution >= 0.6 is 0 Å². The maximum absolute atomic E-state index is 11.8. The van der Waals surface area contributed by atoms with Gasteiger partial charge >= 0.3 is 5.97 Å². The van der Waals surface area contributed by atoms with Gasteiger partial charge in [-0.2, -0.15) is 0 Å². The van der Waals surface area contributed by atoms with Crippen molar-refractivity contribution in [1.82, 2.24) is 10.2 Å². The van der Waals surface area contributed by atoms with Crippen LogP contribution in [0.2, 0.25) is 0 Å². The number of benzene rings is 1. The van der Waals surface area contributed by atoms with Crippen molar-refractivity contribution in [2.45, 2.75) is 26.2 Å². The number of nitrogens with one attached hydrogen (secondary N) is 1. The van der Waals surface area contributed by atoms with E-state index in [0.717, 1.165) is 50.6 Å². The molecule has 1 heterocycles. The summed E-state index contributed by atoms with van der Waals surface area (Å²) >= 11 is 0. The van der Waals surface area contributed by atoms with E-state index in [2.05, 4.69) is 15.2 Å². The molecule has 25 heavy (non-hydrogen) atoms. The molecule has 1 aromatic carbocycles. The highest BCUT2D eigenvalue weighted by Crippen LogP contribution is 2.18. The van der Waals surface area contributed by atoms with Gasteiger partial charge < -0.3 is 19.7 Å². The minimum atomic E-state index is -0.0665. The molecule has 1 aliphatic rings. The summed E-state index contributed by atoms with van der Waals surface area (Å²) in [6, 6.07) is 9.83. The number of ether oxygens (including phenoxy) is 2. The quantitative estimate of drug-likeness (QED) is 0.355. The average molecular weight is 347 g/mol. The van der Waals surface area contributed by atoms with E-state index in [0.29, 0.717) is 13.2 Å². The Morgan fingerprint density at radius 1 is 1.28 bits per heavy atom. The number of piperidine rings is 1. The van der Waals surface area contributed by atoms with Crippen LogP contribution < -0.4 is 10.1 Å². The van der Waals surface area contributed by atoms with Crippen molar-refractivity contribution >= 4 is 11.9 Å². The number of guanidine groups is 1. The molecule has 1 aliphatic heterocycles. The van der Waals surface area contributed by atoms with Gasteiger partial charge in [-0.05, 0) is 38.3 Å². The Morgan fingerprint density at radius 3 is 2.64 bits per heavy atom. The standard InChI is InChI=1S/C19H29N3O3/c1-3-24-18(23)16-10-13-22(14-11-16)19(20-2)21-12-7-15-25-17-8-5-4-6-9-17/h4-6,8-9,16H,3,7,10-15H2,1-2H3,(H,20,21). The molecule has 1 N–H and O–H groups in total. The lowest BCUT2D eigenvalue weighted by atomic mass is 9.97. The summed E-state index contributed by atoms with van der Waals surface area (Å²) in [6.07, 6.45) is 2.53. The van der Waals surface area contributed by atoms with Gasteiger partial charge in [-0.1, -0.05) is 18.2 Å². The number of para-hydroxylation sites is 1. The van der Waals surface area contributed by atoms with E-state index in [1.54, 1.807) is 7.05 Å². The van der Waals surface area contributed by atoms with Gasteiger partial charge in [0.05, 0.1) is 19.1 Å². The van der Waals surface area contributed by atoms with Gasteiger partial charge in [-0.15, -0.1) is 0 Å². The van der Waals surface area contributed by atoms with Gasteiger partial charge in [0, 0.05) is 26.7 Å². The van der Waals surface area contributed by atoms with E-state index >= 15 is 0 Å². The number of rotatable bonds is 7. The third-order valence-electron chi connectivity index (χ3n) is 4.24. The second-order valence-corrected chi connectivity index (χ2v) is 6.00. The van der Waals surface area contributed by atoms with E-state index in [9.17, 15) is 4.79 Å². The van der Waals surface area contributed by atoms with Crippen LogP contribution in [0.1, 0.15) is 26.2 Å². The smallest absolute Gasteiger partial charge is 0.309 e. The Bertz CT molecular complexity index is 540. The normalized spacial score (nSPS) is 15.8. The van der Waals surface area contributed by atoms with Crippen LogP contribution in [0, 0.1) is 5.92 Å². The lowest BCUT2D eigenvalue weighted by Gasteiger charge is -2.33. The van der Waals surface area contributed by atoms with Crippen LogP contribution in [0.25, 0.3) is 0 Å². The van der Waals surface area contributed by atoms with Gasteiger partial charge in [0.15, 0.2) is 5.96 Å². The van der Waals surface area contributed by atoms with Gasteiger partial charge in [0.25, 0.3) is 0 Å². The molecule has 2 rings (SSSR count). The number of likely N-dealkylation sites (tertiary alicyclic amines) is 1. The second-order valence-electron chi connectivity index (χ2n) is 6.00. The minimum absolute atomic E-state index is 0.0218. The van der Waals surface area contributed by atoms with Crippen LogP contribution in [0.15, 0.2) is 35.3 Å². The van der Waals surface area contributed by atoms with Crippen LogP contribution in [0.4, 0.5) is 0 Å². The highest BCUT2D eigenvalue weighted by molar-refractivity contribution is 5.80. The Kier molecular flexibility index (Phi) is 8.09. The number of hydrogen-bond donors (Lipinski definition) is 1. The maximum Gasteiger partial charge on any atom is 0.309 e. The minimum Gasteiger partial charge on any atom is -0.494 e. The molecule has 6 nitrogen and oxygen atoms in total. The summed E-state index contributed by atoms with van der Waals surface area (Å²) < 4.78 is 10.8. The second kappa shape index (κ2) is 10.6. The predicted octanol–water partition coefficient (Wildman–Crippen LogP) is 2.31. The van der Waals surface area contributed by atoms with Crippen LogP contribution in [-0.4, -0.2) is 56.7 Å². The first kappa shape index (κ1) is 19.1. The molecule has 0 spiro atoms. The molecule has 1 saturated heterocycles. The summed E-state index contributed by atoms with van der Waals surface area (Å²) in [4.78, 5) is 18.4. The molecule has 0 bridgehead atoms. The molecule has 0 aliphatic carbocycles. The maximum atomic E-state index is 11.8. The van der Waals surface area contributed by atoms with E-state index in [1.807, 2.05) is 37.3 Å².